The average Bonchev–Trinajstić information content (AvgIpc) is 3.55. The van der Waals surface area contributed by atoms with Crippen LogP contribution in [0.4, 0.5) is 4.79 Å². The van der Waals surface area contributed by atoms with Crippen LogP contribution < -0.4 is 5.32 Å². The van der Waals surface area contributed by atoms with E-state index < -0.39 is 29.1 Å². The van der Waals surface area contributed by atoms with E-state index >= 15 is 0 Å². The summed E-state index contributed by atoms with van der Waals surface area (Å²) in [5, 5.41) is 22.2. The van der Waals surface area contributed by atoms with Gasteiger partial charge in [-0.25, -0.2) is 9.59 Å². The summed E-state index contributed by atoms with van der Waals surface area (Å²) in [5.74, 6) is -1.96. The van der Waals surface area contributed by atoms with Crippen molar-refractivity contribution in [2.45, 2.75) is 29.9 Å². The third-order valence-corrected chi connectivity index (χ3v) is 7.05. The second kappa shape index (κ2) is 8.41. The number of ether oxygens (including phenoxy) is 2. The van der Waals surface area contributed by atoms with Crippen molar-refractivity contribution in [3.63, 3.8) is 0 Å². The van der Waals surface area contributed by atoms with Crippen LogP contribution in [-0.2, 0) is 19.1 Å². The number of hydrogen-bond acceptors (Lipinski definition) is 6. The molecule has 2 saturated heterocycles. The van der Waals surface area contributed by atoms with Gasteiger partial charge in [-0.2, -0.15) is 0 Å². The lowest BCUT2D eigenvalue weighted by Gasteiger charge is -2.32. The third-order valence-electron chi connectivity index (χ3n) is 7.05. The second-order valence-corrected chi connectivity index (χ2v) is 9.15. The van der Waals surface area contributed by atoms with Crippen LogP contribution in [0.2, 0.25) is 0 Å². The first-order valence-electron chi connectivity index (χ1n) is 11.3. The minimum absolute atomic E-state index is 0.0436. The van der Waals surface area contributed by atoms with E-state index in [2.05, 4.69) is 5.32 Å². The first-order valence-corrected chi connectivity index (χ1v) is 11.3. The van der Waals surface area contributed by atoms with Crippen LogP contribution in [0.1, 0.15) is 29.9 Å². The van der Waals surface area contributed by atoms with Gasteiger partial charge in [0, 0.05) is 31.9 Å². The zero-order valence-electron chi connectivity index (χ0n) is 18.5. The molecule has 2 atom stereocenters. The monoisotopic (exact) mass is 466 g/mol. The Bertz CT molecular complexity index is 1100. The van der Waals surface area contributed by atoms with E-state index in [0.29, 0.717) is 0 Å². The molecular weight excluding hydrogens is 440 g/mol. The van der Waals surface area contributed by atoms with Crippen LogP contribution in [0.15, 0.2) is 48.5 Å². The zero-order chi connectivity index (χ0) is 23.9. The summed E-state index contributed by atoms with van der Waals surface area (Å²) < 4.78 is 11.0. The van der Waals surface area contributed by atoms with Gasteiger partial charge in [0.25, 0.3) is 5.91 Å². The number of nitrogens with one attached hydrogen (secondary N) is 1. The summed E-state index contributed by atoms with van der Waals surface area (Å²) in [5.41, 5.74) is 1.05. The van der Waals surface area contributed by atoms with Crippen LogP contribution >= 0.6 is 0 Å². The molecule has 178 valence electrons. The van der Waals surface area contributed by atoms with Crippen molar-refractivity contribution in [1.82, 2.24) is 10.2 Å². The molecule has 0 aromatic heterocycles. The lowest BCUT2D eigenvalue weighted by molar-refractivity contribution is -0.157. The normalized spacial score (nSPS) is 25.6. The molecule has 9 nitrogen and oxygen atoms in total. The fourth-order valence-corrected chi connectivity index (χ4v) is 5.16. The first kappa shape index (κ1) is 22.4. The summed E-state index contributed by atoms with van der Waals surface area (Å²) in [7, 11) is 0. The minimum atomic E-state index is -1.99. The number of carbonyl (C=O) groups is 3. The van der Waals surface area contributed by atoms with Crippen LogP contribution in [0.25, 0.3) is 11.1 Å². The number of carboxylic acid groups (broad SMARTS) is 1. The molecule has 0 radical (unpaired) electrons. The van der Waals surface area contributed by atoms with Gasteiger partial charge in [0.15, 0.2) is 5.60 Å². The summed E-state index contributed by atoms with van der Waals surface area (Å²) in [6.07, 6.45) is -0.582. The van der Waals surface area contributed by atoms with Gasteiger partial charge in [0.2, 0.25) is 0 Å². The Hall–Kier alpha value is -3.43. The standard InChI is InChI=1S/C25H26N2O7/c28-21(27-11-9-25(32,14-27)22(29)30)24(10-12-33-15-24)26-23(31)34-13-20-18-7-3-1-5-16(18)17-6-2-4-8-19(17)20/h1-8,20,32H,9-15H2,(H,26,31)(H,29,30). The van der Waals surface area contributed by atoms with Crippen molar-refractivity contribution < 1.29 is 34.1 Å². The van der Waals surface area contributed by atoms with Crippen molar-refractivity contribution in [1.29, 1.82) is 0 Å². The van der Waals surface area contributed by atoms with Crippen molar-refractivity contribution in [2.75, 3.05) is 32.9 Å². The maximum absolute atomic E-state index is 13.3. The molecule has 3 aliphatic rings. The molecular formula is C25H26N2O7. The first-order chi connectivity index (χ1) is 16.3. The van der Waals surface area contributed by atoms with E-state index in [1.54, 1.807) is 0 Å². The number of fused-ring (bicyclic) bond motifs is 3. The van der Waals surface area contributed by atoms with Gasteiger partial charge in [-0.15, -0.1) is 0 Å². The fraction of sp³-hybridized carbons (Fsp3) is 0.400. The second-order valence-electron chi connectivity index (χ2n) is 9.15. The molecule has 34 heavy (non-hydrogen) atoms. The largest absolute Gasteiger partial charge is 0.479 e. The highest BCUT2D eigenvalue weighted by atomic mass is 16.6. The predicted octanol–water partition coefficient (Wildman–Crippen LogP) is 1.73. The van der Waals surface area contributed by atoms with Crippen molar-refractivity contribution in [3.05, 3.63) is 59.7 Å². The van der Waals surface area contributed by atoms with Gasteiger partial charge in [0.05, 0.1) is 13.2 Å². The predicted molar refractivity (Wildman–Crippen MR) is 120 cm³/mol. The minimum Gasteiger partial charge on any atom is -0.479 e. The number of aliphatic hydroxyl groups is 1. The van der Waals surface area contributed by atoms with Crippen molar-refractivity contribution in [2.24, 2.45) is 0 Å². The Morgan fingerprint density at radius 3 is 2.26 bits per heavy atom. The van der Waals surface area contributed by atoms with Gasteiger partial charge in [0.1, 0.15) is 12.1 Å². The fourth-order valence-electron chi connectivity index (χ4n) is 5.16. The number of alkyl carbamates (subject to hydrolysis) is 1. The number of amides is 2. The molecule has 2 unspecified atom stereocenters. The summed E-state index contributed by atoms with van der Waals surface area (Å²) in [6, 6.07) is 16.0. The SMILES string of the molecule is O=C(NC1(C(=O)N2CCC(O)(C(=O)O)C2)CCOC1)OCC1c2ccccc2-c2ccccc21. The quantitative estimate of drug-likeness (QED) is 0.613. The molecule has 2 amide bonds. The number of benzene rings is 2. The van der Waals surface area contributed by atoms with Gasteiger partial charge in [-0.1, -0.05) is 48.5 Å². The van der Waals surface area contributed by atoms with Gasteiger partial charge >= 0.3 is 12.1 Å². The highest BCUT2D eigenvalue weighted by molar-refractivity contribution is 5.92. The van der Waals surface area contributed by atoms with Gasteiger partial charge in [-0.3, -0.25) is 4.79 Å². The maximum atomic E-state index is 13.3. The molecule has 2 aliphatic heterocycles. The Morgan fingerprint density at radius 2 is 1.71 bits per heavy atom. The Kier molecular flexibility index (Phi) is 5.53. The van der Waals surface area contributed by atoms with Gasteiger partial charge < -0.3 is 29.9 Å². The Balaban J connectivity index is 1.28. The van der Waals surface area contributed by atoms with Crippen LogP contribution in [0.3, 0.4) is 0 Å². The highest BCUT2D eigenvalue weighted by Gasteiger charge is 2.52. The highest BCUT2D eigenvalue weighted by Crippen LogP contribution is 2.44. The van der Waals surface area contributed by atoms with Gasteiger partial charge in [-0.05, 0) is 22.3 Å². The molecule has 0 spiro atoms. The van der Waals surface area contributed by atoms with Crippen LogP contribution in [-0.4, -0.2) is 77.1 Å². The third kappa shape index (κ3) is 3.70. The Labute approximate surface area is 196 Å². The number of carbonyl (C=O) groups excluding carboxylic acids is 2. The summed E-state index contributed by atoms with van der Waals surface area (Å²) in [4.78, 5) is 38.7. The summed E-state index contributed by atoms with van der Waals surface area (Å²) >= 11 is 0. The Morgan fingerprint density at radius 1 is 1.06 bits per heavy atom. The molecule has 3 N–H and O–H groups in total. The van der Waals surface area contributed by atoms with Crippen LogP contribution in [0, 0.1) is 0 Å². The lowest BCUT2D eigenvalue weighted by atomic mass is 9.96. The smallest absolute Gasteiger partial charge is 0.408 e. The van der Waals surface area contributed by atoms with Crippen LogP contribution in [0.5, 0.6) is 0 Å². The molecule has 0 bridgehead atoms. The number of β-amino-alcohol motifs (C(OH)–C–C–N with tert-alkyl or cyclic N) is 1. The van der Waals surface area contributed by atoms with E-state index in [9.17, 15) is 24.6 Å². The number of aliphatic carboxylic acids is 1. The molecule has 5 rings (SSSR count). The van der Waals surface area contributed by atoms with Crippen molar-refractivity contribution >= 4 is 18.0 Å². The topological polar surface area (TPSA) is 125 Å². The van der Waals surface area contributed by atoms with E-state index in [1.807, 2.05) is 48.5 Å². The number of hydrogen-bond donors (Lipinski definition) is 3. The maximum Gasteiger partial charge on any atom is 0.408 e. The molecule has 0 saturated carbocycles. The number of rotatable bonds is 5. The number of likely N-dealkylation sites (tertiary alicyclic amines) is 1. The molecule has 2 heterocycles. The number of nitrogens with zero attached hydrogens (tertiary/aromatic N) is 1. The lowest BCUT2D eigenvalue weighted by Crippen LogP contribution is -2.60. The van der Waals surface area contributed by atoms with E-state index in [4.69, 9.17) is 9.47 Å². The molecule has 2 aromatic carbocycles. The molecule has 2 fully saturated rings. The zero-order valence-corrected chi connectivity index (χ0v) is 18.5. The summed E-state index contributed by atoms with van der Waals surface area (Å²) in [6.45, 7) is 0.0724. The molecule has 2 aromatic rings. The van der Waals surface area contributed by atoms with E-state index in [1.165, 1.54) is 4.90 Å². The van der Waals surface area contributed by atoms with Crippen molar-refractivity contribution in [3.8, 4) is 11.1 Å². The average molecular weight is 466 g/mol. The molecule has 1 aliphatic carbocycles. The molecule has 9 heteroatoms. The number of carboxylic acids is 1. The van der Waals surface area contributed by atoms with E-state index in [0.717, 1.165) is 22.3 Å². The van der Waals surface area contributed by atoms with E-state index in [-0.39, 0.29) is 51.7 Å².